The van der Waals surface area contributed by atoms with E-state index in [0.717, 1.165) is 0 Å². The van der Waals surface area contributed by atoms with Gasteiger partial charge >= 0.3 is 11.9 Å². The summed E-state index contributed by atoms with van der Waals surface area (Å²) >= 11 is 0. The molecule has 1 heterocycles. The van der Waals surface area contributed by atoms with E-state index in [1.54, 1.807) is 6.07 Å². The van der Waals surface area contributed by atoms with Gasteiger partial charge in [-0.25, -0.2) is 4.79 Å². The maximum Gasteiger partial charge on any atom is 0.393 e. The fourth-order valence-electron chi connectivity index (χ4n) is 1.47. The van der Waals surface area contributed by atoms with Crippen LogP contribution in [0.5, 0.6) is 0 Å². The highest BCUT2D eigenvalue weighted by Crippen LogP contribution is 2.28. The maximum absolute atomic E-state index is 10.8. The van der Waals surface area contributed by atoms with E-state index in [2.05, 4.69) is 10.2 Å². The van der Waals surface area contributed by atoms with E-state index < -0.39 is 16.8 Å². The molecule has 8 heteroatoms. The van der Waals surface area contributed by atoms with E-state index in [4.69, 9.17) is 9.52 Å². The molecule has 0 spiro atoms. The van der Waals surface area contributed by atoms with Gasteiger partial charge in [-0.2, -0.15) is 0 Å². The number of nitro benzene ring substituents is 1. The Morgan fingerprint density at radius 3 is 2.72 bits per heavy atom. The van der Waals surface area contributed by atoms with Crippen molar-refractivity contribution >= 4 is 11.7 Å². The molecule has 1 N–H and O–H groups in total. The lowest BCUT2D eigenvalue weighted by Gasteiger charge is -2.01. The third-order valence-electron chi connectivity index (χ3n) is 2.34. The van der Waals surface area contributed by atoms with Crippen molar-refractivity contribution in [3.63, 3.8) is 0 Å². The van der Waals surface area contributed by atoms with Gasteiger partial charge in [0.1, 0.15) is 0 Å². The van der Waals surface area contributed by atoms with Gasteiger partial charge in [0, 0.05) is 17.2 Å². The van der Waals surface area contributed by atoms with Crippen LogP contribution in [0.15, 0.2) is 22.6 Å². The van der Waals surface area contributed by atoms with Gasteiger partial charge in [-0.1, -0.05) is 6.07 Å². The normalized spacial score (nSPS) is 10.3. The molecule has 18 heavy (non-hydrogen) atoms. The predicted octanol–water partition coefficient (Wildman–Crippen LogP) is 1.65. The lowest BCUT2D eigenvalue weighted by molar-refractivity contribution is -0.385. The number of carboxylic acids is 1. The minimum absolute atomic E-state index is 0.0615. The van der Waals surface area contributed by atoms with Gasteiger partial charge in [0.25, 0.3) is 5.69 Å². The summed E-state index contributed by atoms with van der Waals surface area (Å²) in [6.45, 7) is 1.53. The molecule has 0 unspecified atom stereocenters. The molecule has 0 aliphatic heterocycles. The van der Waals surface area contributed by atoms with Crippen LogP contribution < -0.4 is 0 Å². The number of benzene rings is 1. The van der Waals surface area contributed by atoms with Crippen LogP contribution in [0.1, 0.15) is 16.2 Å². The second-order valence-corrected chi connectivity index (χ2v) is 3.42. The van der Waals surface area contributed by atoms with Crippen LogP contribution in [-0.4, -0.2) is 26.2 Å². The number of rotatable bonds is 3. The Labute approximate surface area is 100 Å². The number of nitrogens with zero attached hydrogens (tertiary/aromatic N) is 3. The summed E-state index contributed by atoms with van der Waals surface area (Å²) in [5.74, 6) is -1.97. The van der Waals surface area contributed by atoms with Crippen LogP contribution in [-0.2, 0) is 0 Å². The number of hydrogen-bond donors (Lipinski definition) is 1. The van der Waals surface area contributed by atoms with Gasteiger partial charge in [-0.15, -0.1) is 10.2 Å². The molecule has 0 aliphatic rings. The number of carbonyl (C=O) groups is 1. The first kappa shape index (κ1) is 11.7. The van der Waals surface area contributed by atoms with Crippen molar-refractivity contribution in [1.29, 1.82) is 0 Å². The van der Waals surface area contributed by atoms with Gasteiger partial charge in [-0.3, -0.25) is 10.1 Å². The fourth-order valence-corrected chi connectivity index (χ4v) is 1.47. The number of carboxylic acid groups (broad SMARTS) is 1. The lowest BCUT2D eigenvalue weighted by atomic mass is 10.1. The van der Waals surface area contributed by atoms with E-state index in [1.165, 1.54) is 19.1 Å². The van der Waals surface area contributed by atoms with Crippen LogP contribution in [0.25, 0.3) is 11.5 Å². The van der Waals surface area contributed by atoms with Crippen LogP contribution in [0.4, 0.5) is 5.69 Å². The first-order chi connectivity index (χ1) is 8.50. The van der Waals surface area contributed by atoms with E-state index in [1.807, 2.05) is 0 Å². The molecule has 0 fully saturated rings. The minimum atomic E-state index is -1.35. The molecule has 0 radical (unpaired) electrons. The van der Waals surface area contributed by atoms with Crippen LogP contribution in [0.2, 0.25) is 0 Å². The van der Waals surface area contributed by atoms with Crippen LogP contribution in [0, 0.1) is 17.0 Å². The molecule has 1 aromatic carbocycles. The zero-order valence-electron chi connectivity index (χ0n) is 9.15. The molecule has 2 aromatic rings. The van der Waals surface area contributed by atoms with Gasteiger partial charge in [-0.05, 0) is 13.0 Å². The highest BCUT2D eigenvalue weighted by atomic mass is 16.6. The third-order valence-corrected chi connectivity index (χ3v) is 2.34. The fraction of sp³-hybridized carbons (Fsp3) is 0.100. The molecule has 0 amide bonds. The van der Waals surface area contributed by atoms with Crippen molar-refractivity contribution in [3.8, 4) is 11.5 Å². The van der Waals surface area contributed by atoms with Crippen LogP contribution in [0.3, 0.4) is 0 Å². The average molecular weight is 249 g/mol. The van der Waals surface area contributed by atoms with Gasteiger partial charge < -0.3 is 9.52 Å². The summed E-state index contributed by atoms with van der Waals surface area (Å²) in [6.07, 6.45) is 0. The molecule has 0 saturated heterocycles. The van der Waals surface area contributed by atoms with Gasteiger partial charge in [0.2, 0.25) is 5.89 Å². The molecule has 0 atom stereocenters. The van der Waals surface area contributed by atoms with Crippen molar-refractivity contribution in [2.24, 2.45) is 0 Å². The molecule has 0 aliphatic carbocycles. The number of nitro groups is 1. The summed E-state index contributed by atoms with van der Waals surface area (Å²) in [5, 5.41) is 26.3. The standard InChI is InChI=1S/C10H7N3O5/c1-5-6(3-2-4-7(5)13(16)17)8-11-12-9(18-8)10(14)15/h2-4H,1H3,(H,14,15). The number of aromatic nitrogens is 2. The minimum Gasteiger partial charge on any atom is -0.474 e. The Balaban J connectivity index is 2.53. The Morgan fingerprint density at radius 2 is 2.17 bits per heavy atom. The molecule has 8 nitrogen and oxygen atoms in total. The molecule has 1 aromatic heterocycles. The van der Waals surface area contributed by atoms with Crippen molar-refractivity contribution in [3.05, 3.63) is 39.8 Å². The van der Waals surface area contributed by atoms with E-state index in [0.29, 0.717) is 11.1 Å². The SMILES string of the molecule is Cc1c(-c2nnc(C(=O)O)o2)cccc1[N+](=O)[O-]. The molecule has 2 rings (SSSR count). The largest absolute Gasteiger partial charge is 0.474 e. The maximum atomic E-state index is 10.8. The zero-order valence-corrected chi connectivity index (χ0v) is 9.15. The van der Waals surface area contributed by atoms with E-state index >= 15 is 0 Å². The summed E-state index contributed by atoms with van der Waals surface area (Å²) < 4.78 is 4.90. The van der Waals surface area contributed by atoms with E-state index in [-0.39, 0.29) is 11.6 Å². The summed E-state index contributed by atoms with van der Waals surface area (Å²) in [7, 11) is 0. The highest BCUT2D eigenvalue weighted by Gasteiger charge is 2.20. The first-order valence-corrected chi connectivity index (χ1v) is 4.82. The molecule has 0 bridgehead atoms. The zero-order chi connectivity index (χ0) is 13.3. The Kier molecular flexibility index (Phi) is 2.76. The Bertz CT molecular complexity index is 634. The van der Waals surface area contributed by atoms with Gasteiger partial charge in [0.15, 0.2) is 0 Å². The van der Waals surface area contributed by atoms with Gasteiger partial charge in [0.05, 0.1) is 4.92 Å². The quantitative estimate of drug-likeness (QED) is 0.648. The Morgan fingerprint density at radius 1 is 1.44 bits per heavy atom. The number of hydrogen-bond acceptors (Lipinski definition) is 6. The average Bonchev–Trinajstić information content (AvgIpc) is 2.78. The van der Waals surface area contributed by atoms with Crippen molar-refractivity contribution in [2.45, 2.75) is 6.92 Å². The lowest BCUT2D eigenvalue weighted by Crippen LogP contribution is -1.95. The third kappa shape index (κ3) is 1.90. The molecule has 92 valence electrons. The van der Waals surface area contributed by atoms with E-state index in [9.17, 15) is 14.9 Å². The predicted molar refractivity (Wildman–Crippen MR) is 58.1 cm³/mol. The summed E-state index contributed by atoms with van der Waals surface area (Å²) in [5.41, 5.74) is 0.579. The van der Waals surface area contributed by atoms with Crippen molar-refractivity contribution < 1.29 is 19.2 Å². The smallest absolute Gasteiger partial charge is 0.393 e. The monoisotopic (exact) mass is 249 g/mol. The summed E-state index contributed by atoms with van der Waals surface area (Å²) in [6, 6.07) is 4.35. The first-order valence-electron chi connectivity index (χ1n) is 4.82. The van der Waals surface area contributed by atoms with Crippen LogP contribution >= 0.6 is 0 Å². The van der Waals surface area contributed by atoms with Crippen molar-refractivity contribution in [1.82, 2.24) is 10.2 Å². The highest BCUT2D eigenvalue weighted by molar-refractivity contribution is 5.82. The second-order valence-electron chi connectivity index (χ2n) is 3.42. The van der Waals surface area contributed by atoms with Crippen molar-refractivity contribution in [2.75, 3.05) is 0 Å². The number of aromatic carboxylic acids is 1. The molecular formula is C10H7N3O5. The second kappa shape index (κ2) is 4.24. The summed E-state index contributed by atoms with van der Waals surface area (Å²) in [4.78, 5) is 20.8. The molecular weight excluding hydrogens is 242 g/mol. The molecule has 0 saturated carbocycles. The Hall–Kier alpha value is -2.77. The topological polar surface area (TPSA) is 119 Å².